The first kappa shape index (κ1) is 22.6. The molecule has 0 atom stereocenters. The Morgan fingerprint density at radius 2 is 1.67 bits per heavy atom. The van der Waals surface area contributed by atoms with E-state index in [-0.39, 0.29) is 18.4 Å². The van der Waals surface area contributed by atoms with Crippen molar-refractivity contribution in [2.45, 2.75) is 43.7 Å². The fourth-order valence-electron chi connectivity index (χ4n) is 3.91. The predicted molar refractivity (Wildman–Crippen MR) is 118 cm³/mol. The SMILES string of the molecule is COC(=O)[C@]1(NC(=O)Cc2cc(-c3ccc(Cl)cc3)ccc2Cl)CC[C@H](OC)CC1. The standard InChI is InChI=1S/C23H25Cl2NO4/c1-29-19-9-11-23(12-10-19,22(28)30-2)26-21(27)14-17-13-16(5-8-20(17)25)15-3-6-18(24)7-4-15/h3-8,13,19H,9-12,14H2,1-2H3,(H,26,27)/t19-,23-. The van der Waals surface area contributed by atoms with E-state index in [1.165, 1.54) is 7.11 Å². The third-order valence-corrected chi connectivity index (χ3v) is 6.27. The molecule has 2 aromatic carbocycles. The highest BCUT2D eigenvalue weighted by Crippen LogP contribution is 2.32. The summed E-state index contributed by atoms with van der Waals surface area (Å²) in [5, 5.41) is 4.08. The van der Waals surface area contributed by atoms with Gasteiger partial charge in [-0.05, 0) is 66.6 Å². The third-order valence-electron chi connectivity index (χ3n) is 5.65. The maximum Gasteiger partial charge on any atom is 0.331 e. The lowest BCUT2D eigenvalue weighted by atomic mass is 9.80. The van der Waals surface area contributed by atoms with E-state index >= 15 is 0 Å². The third kappa shape index (κ3) is 5.15. The number of halogens is 2. The molecule has 7 heteroatoms. The second-order valence-corrected chi connectivity index (χ2v) is 8.39. The summed E-state index contributed by atoms with van der Waals surface area (Å²) >= 11 is 12.3. The zero-order valence-corrected chi connectivity index (χ0v) is 18.6. The van der Waals surface area contributed by atoms with E-state index in [1.54, 1.807) is 13.2 Å². The molecule has 1 saturated carbocycles. The number of nitrogens with one attached hydrogen (secondary N) is 1. The minimum Gasteiger partial charge on any atom is -0.467 e. The molecule has 0 radical (unpaired) electrons. The summed E-state index contributed by atoms with van der Waals surface area (Å²) in [6, 6.07) is 13.0. The minimum absolute atomic E-state index is 0.0622. The molecule has 0 unspecified atom stereocenters. The summed E-state index contributed by atoms with van der Waals surface area (Å²) in [5.74, 6) is -0.696. The van der Waals surface area contributed by atoms with Gasteiger partial charge < -0.3 is 14.8 Å². The highest BCUT2D eigenvalue weighted by molar-refractivity contribution is 6.31. The van der Waals surface area contributed by atoms with Crippen LogP contribution in [0.3, 0.4) is 0 Å². The summed E-state index contributed by atoms with van der Waals surface area (Å²) in [4.78, 5) is 25.4. The molecule has 1 aliphatic carbocycles. The van der Waals surface area contributed by atoms with Crippen LogP contribution in [0.4, 0.5) is 0 Å². The average molecular weight is 450 g/mol. The fourth-order valence-corrected chi connectivity index (χ4v) is 4.22. The highest BCUT2D eigenvalue weighted by Gasteiger charge is 2.44. The number of esters is 1. The number of methoxy groups -OCH3 is 2. The van der Waals surface area contributed by atoms with E-state index in [2.05, 4.69) is 5.32 Å². The predicted octanol–water partition coefficient (Wildman–Crippen LogP) is 4.82. The van der Waals surface area contributed by atoms with Gasteiger partial charge in [-0.2, -0.15) is 0 Å². The van der Waals surface area contributed by atoms with Gasteiger partial charge in [-0.3, -0.25) is 4.79 Å². The first-order valence-electron chi connectivity index (χ1n) is 9.83. The van der Waals surface area contributed by atoms with Crippen LogP contribution in [0, 0.1) is 0 Å². The average Bonchev–Trinajstić information content (AvgIpc) is 2.75. The van der Waals surface area contributed by atoms with Crippen LogP contribution in [-0.2, 0) is 25.5 Å². The number of amides is 1. The number of carbonyl (C=O) groups is 2. The van der Waals surface area contributed by atoms with Crippen molar-refractivity contribution in [2.75, 3.05) is 14.2 Å². The van der Waals surface area contributed by atoms with Gasteiger partial charge in [0.2, 0.25) is 5.91 Å². The van der Waals surface area contributed by atoms with Crippen LogP contribution in [0.15, 0.2) is 42.5 Å². The first-order chi connectivity index (χ1) is 14.4. The summed E-state index contributed by atoms with van der Waals surface area (Å²) < 4.78 is 10.4. The van der Waals surface area contributed by atoms with Crippen LogP contribution >= 0.6 is 23.2 Å². The maximum absolute atomic E-state index is 12.9. The molecule has 0 heterocycles. The lowest BCUT2D eigenvalue weighted by Gasteiger charge is -2.38. The van der Waals surface area contributed by atoms with Gasteiger partial charge in [0.1, 0.15) is 5.54 Å². The van der Waals surface area contributed by atoms with Crippen molar-refractivity contribution in [1.29, 1.82) is 0 Å². The van der Waals surface area contributed by atoms with Gasteiger partial charge >= 0.3 is 5.97 Å². The Balaban J connectivity index is 1.76. The molecule has 0 aromatic heterocycles. The van der Waals surface area contributed by atoms with Crippen LogP contribution in [0.25, 0.3) is 11.1 Å². The Morgan fingerprint density at radius 3 is 2.27 bits per heavy atom. The number of ether oxygens (including phenoxy) is 2. The topological polar surface area (TPSA) is 64.6 Å². The van der Waals surface area contributed by atoms with Gasteiger partial charge in [0.05, 0.1) is 19.6 Å². The van der Waals surface area contributed by atoms with Crippen molar-refractivity contribution in [3.05, 3.63) is 58.1 Å². The van der Waals surface area contributed by atoms with Gasteiger partial charge in [-0.1, -0.05) is 41.4 Å². The number of benzene rings is 2. The monoisotopic (exact) mass is 449 g/mol. The minimum atomic E-state index is -1.03. The van der Waals surface area contributed by atoms with Crippen molar-refractivity contribution < 1.29 is 19.1 Å². The molecular formula is C23H25Cl2NO4. The Hall–Kier alpha value is -2.08. The molecule has 1 amide bonds. The van der Waals surface area contributed by atoms with Crippen LogP contribution in [0.5, 0.6) is 0 Å². The van der Waals surface area contributed by atoms with Crippen molar-refractivity contribution in [2.24, 2.45) is 0 Å². The second kappa shape index (κ2) is 9.82. The van der Waals surface area contributed by atoms with Crippen molar-refractivity contribution in [3.8, 4) is 11.1 Å². The van der Waals surface area contributed by atoms with Crippen molar-refractivity contribution >= 4 is 35.1 Å². The molecule has 0 saturated heterocycles. The Morgan fingerprint density at radius 1 is 1.03 bits per heavy atom. The smallest absolute Gasteiger partial charge is 0.331 e. The zero-order chi connectivity index (χ0) is 21.7. The van der Waals surface area contributed by atoms with Gasteiger partial charge in [0.15, 0.2) is 0 Å². The van der Waals surface area contributed by atoms with Crippen molar-refractivity contribution in [1.82, 2.24) is 5.32 Å². The molecule has 2 aromatic rings. The number of carbonyl (C=O) groups excluding carboxylic acids is 2. The Labute approximate surface area is 186 Å². The molecule has 3 rings (SSSR count). The van der Waals surface area contributed by atoms with Crippen LogP contribution in [0.1, 0.15) is 31.2 Å². The summed E-state index contributed by atoms with van der Waals surface area (Å²) in [5.41, 5.74) is 1.57. The van der Waals surface area contributed by atoms with E-state index < -0.39 is 11.5 Å². The molecule has 1 N–H and O–H groups in total. The second-order valence-electron chi connectivity index (χ2n) is 7.55. The molecule has 5 nitrogen and oxygen atoms in total. The molecule has 0 aliphatic heterocycles. The van der Waals surface area contributed by atoms with E-state index in [9.17, 15) is 9.59 Å². The molecule has 30 heavy (non-hydrogen) atoms. The quantitative estimate of drug-likeness (QED) is 0.641. The largest absolute Gasteiger partial charge is 0.467 e. The number of rotatable bonds is 6. The van der Waals surface area contributed by atoms with Gasteiger partial charge in [0, 0.05) is 17.2 Å². The molecule has 1 aliphatic rings. The van der Waals surface area contributed by atoms with Gasteiger partial charge in [-0.15, -0.1) is 0 Å². The fraction of sp³-hybridized carbons (Fsp3) is 0.391. The lowest BCUT2D eigenvalue weighted by Crippen LogP contribution is -2.57. The normalized spacial score (nSPS) is 21.1. The summed E-state index contributed by atoms with van der Waals surface area (Å²) in [6.07, 6.45) is 2.46. The Bertz CT molecular complexity index is 906. The van der Waals surface area contributed by atoms with Crippen LogP contribution in [0.2, 0.25) is 10.0 Å². The molecule has 160 valence electrons. The van der Waals surface area contributed by atoms with Gasteiger partial charge in [-0.25, -0.2) is 4.79 Å². The van der Waals surface area contributed by atoms with Crippen molar-refractivity contribution in [3.63, 3.8) is 0 Å². The molecular weight excluding hydrogens is 425 g/mol. The summed E-state index contributed by atoms with van der Waals surface area (Å²) in [6.45, 7) is 0. The van der Waals surface area contributed by atoms with Crippen LogP contribution in [-0.4, -0.2) is 37.7 Å². The highest BCUT2D eigenvalue weighted by atomic mass is 35.5. The van der Waals surface area contributed by atoms with Crippen LogP contribution < -0.4 is 5.32 Å². The molecule has 0 spiro atoms. The van der Waals surface area contributed by atoms with E-state index in [1.807, 2.05) is 36.4 Å². The molecule has 0 bridgehead atoms. The first-order valence-corrected chi connectivity index (χ1v) is 10.6. The molecule has 1 fully saturated rings. The van der Waals surface area contributed by atoms with E-state index in [4.69, 9.17) is 32.7 Å². The zero-order valence-electron chi connectivity index (χ0n) is 17.0. The Kier molecular flexibility index (Phi) is 7.40. The van der Waals surface area contributed by atoms with E-state index in [0.717, 1.165) is 11.1 Å². The maximum atomic E-state index is 12.9. The lowest BCUT2D eigenvalue weighted by molar-refractivity contribution is -0.153. The van der Waals surface area contributed by atoms with Gasteiger partial charge in [0.25, 0.3) is 0 Å². The number of hydrogen-bond acceptors (Lipinski definition) is 4. The number of hydrogen-bond donors (Lipinski definition) is 1. The van der Waals surface area contributed by atoms with E-state index in [0.29, 0.717) is 41.3 Å². The summed E-state index contributed by atoms with van der Waals surface area (Å²) in [7, 11) is 3.00.